The molecule has 0 aliphatic heterocycles. The van der Waals surface area contributed by atoms with Crippen molar-refractivity contribution >= 4 is 0 Å². The molecule has 3 heteroatoms. The molecule has 0 fully saturated rings. The number of hydrogen-bond donors (Lipinski definition) is 1. The quantitative estimate of drug-likeness (QED) is 0.877. The smallest absolute Gasteiger partial charge is 0.119 e. The van der Waals surface area contributed by atoms with Crippen molar-refractivity contribution in [3.63, 3.8) is 0 Å². The van der Waals surface area contributed by atoms with Gasteiger partial charge in [0.15, 0.2) is 0 Å². The first-order valence-corrected chi connectivity index (χ1v) is 5.80. The van der Waals surface area contributed by atoms with Crippen LogP contribution in [0, 0.1) is 0 Å². The summed E-state index contributed by atoms with van der Waals surface area (Å²) >= 11 is 0. The van der Waals surface area contributed by atoms with Crippen molar-refractivity contribution in [3.05, 3.63) is 65.7 Å². The van der Waals surface area contributed by atoms with E-state index in [1.807, 2.05) is 30.3 Å². The molecule has 2 nitrogen and oxygen atoms in total. The van der Waals surface area contributed by atoms with E-state index in [1.54, 1.807) is 24.3 Å². The van der Waals surface area contributed by atoms with E-state index in [0.717, 1.165) is 5.56 Å². The minimum Gasteiger partial charge on any atom is -0.489 e. The predicted octanol–water partition coefficient (Wildman–Crippen LogP) is 3.27. The van der Waals surface area contributed by atoms with Gasteiger partial charge in [-0.2, -0.15) is 0 Å². The van der Waals surface area contributed by atoms with Gasteiger partial charge in [0.25, 0.3) is 0 Å². The van der Waals surface area contributed by atoms with Gasteiger partial charge >= 0.3 is 0 Å². The number of rotatable bonds is 5. The molecular weight excluding hydrogens is 231 g/mol. The van der Waals surface area contributed by atoms with Crippen LogP contribution >= 0.6 is 0 Å². The Hall–Kier alpha value is -1.87. The summed E-state index contributed by atoms with van der Waals surface area (Å²) < 4.78 is 17.8. The molecule has 0 radical (unpaired) electrons. The number of aliphatic hydroxyl groups is 1. The molecule has 2 rings (SSSR count). The van der Waals surface area contributed by atoms with E-state index in [9.17, 15) is 9.50 Å². The Morgan fingerprint density at radius 3 is 2.28 bits per heavy atom. The van der Waals surface area contributed by atoms with Gasteiger partial charge in [-0.3, -0.25) is 0 Å². The first-order chi connectivity index (χ1) is 8.79. The highest BCUT2D eigenvalue weighted by molar-refractivity contribution is 5.29. The molecule has 0 saturated carbocycles. The molecule has 1 N–H and O–H groups in total. The highest BCUT2D eigenvalue weighted by Crippen LogP contribution is 2.19. The van der Waals surface area contributed by atoms with Crippen molar-refractivity contribution in [3.8, 4) is 5.75 Å². The predicted molar refractivity (Wildman–Crippen MR) is 68.2 cm³/mol. The second kappa shape index (κ2) is 6.17. The molecule has 2 aromatic rings. The summed E-state index contributed by atoms with van der Waals surface area (Å²) in [5, 5.41) is 9.31. The minimum atomic E-state index is -1.05. The topological polar surface area (TPSA) is 29.5 Å². The third-order valence-corrected chi connectivity index (χ3v) is 2.66. The van der Waals surface area contributed by atoms with Crippen molar-refractivity contribution in [1.82, 2.24) is 0 Å². The van der Waals surface area contributed by atoms with Gasteiger partial charge in [0.05, 0.1) is 0 Å². The van der Waals surface area contributed by atoms with Gasteiger partial charge < -0.3 is 9.84 Å². The molecule has 18 heavy (non-hydrogen) atoms. The highest BCUT2D eigenvalue weighted by Gasteiger charge is 2.06. The molecule has 0 heterocycles. The van der Waals surface area contributed by atoms with Gasteiger partial charge in [-0.25, -0.2) is 4.39 Å². The molecule has 0 unspecified atom stereocenters. The Kier molecular flexibility index (Phi) is 4.31. The van der Waals surface area contributed by atoms with Crippen LogP contribution in [0.4, 0.5) is 4.39 Å². The number of hydrogen-bond acceptors (Lipinski definition) is 2. The van der Waals surface area contributed by atoms with Crippen molar-refractivity contribution < 1.29 is 14.2 Å². The van der Waals surface area contributed by atoms with Gasteiger partial charge in [0.2, 0.25) is 0 Å². The molecular formula is C15H15FO2. The molecule has 0 aliphatic carbocycles. The molecule has 1 atom stereocenters. The fourth-order valence-electron chi connectivity index (χ4n) is 1.62. The van der Waals surface area contributed by atoms with Gasteiger partial charge in [-0.05, 0) is 23.3 Å². The number of ether oxygens (including phenoxy) is 1. The summed E-state index contributed by atoms with van der Waals surface area (Å²) in [5.41, 5.74) is 1.65. The van der Waals surface area contributed by atoms with E-state index in [1.165, 1.54) is 0 Å². The normalized spacial score (nSPS) is 12.1. The van der Waals surface area contributed by atoms with Gasteiger partial charge in [0.1, 0.15) is 25.1 Å². The second-order valence-electron chi connectivity index (χ2n) is 4.01. The maximum Gasteiger partial charge on any atom is 0.119 e. The summed E-state index contributed by atoms with van der Waals surface area (Å²) in [6.07, 6.45) is -1.05. The summed E-state index contributed by atoms with van der Waals surface area (Å²) in [4.78, 5) is 0. The first kappa shape index (κ1) is 12.6. The Labute approximate surface area is 106 Å². The maximum absolute atomic E-state index is 12.3. The molecule has 0 bridgehead atoms. The zero-order chi connectivity index (χ0) is 12.8. The van der Waals surface area contributed by atoms with E-state index >= 15 is 0 Å². The molecule has 0 saturated heterocycles. The molecule has 0 aromatic heterocycles. The average molecular weight is 246 g/mol. The van der Waals surface area contributed by atoms with E-state index < -0.39 is 12.8 Å². The number of aliphatic hydroxyl groups excluding tert-OH is 1. The first-order valence-electron chi connectivity index (χ1n) is 5.80. The van der Waals surface area contributed by atoms with Crippen molar-refractivity contribution in [2.75, 3.05) is 6.67 Å². The monoisotopic (exact) mass is 246 g/mol. The van der Waals surface area contributed by atoms with Crippen LogP contribution in [0.3, 0.4) is 0 Å². The van der Waals surface area contributed by atoms with Crippen LogP contribution in [0.5, 0.6) is 5.75 Å². The van der Waals surface area contributed by atoms with E-state index in [-0.39, 0.29) is 0 Å². The van der Waals surface area contributed by atoms with Crippen LogP contribution in [0.1, 0.15) is 17.2 Å². The highest BCUT2D eigenvalue weighted by atomic mass is 19.1. The third kappa shape index (κ3) is 3.31. The number of halogens is 1. The lowest BCUT2D eigenvalue weighted by molar-refractivity contribution is 0.141. The molecule has 94 valence electrons. The van der Waals surface area contributed by atoms with Crippen LogP contribution < -0.4 is 4.74 Å². The lowest BCUT2D eigenvalue weighted by Gasteiger charge is -2.09. The summed E-state index contributed by atoms with van der Waals surface area (Å²) in [7, 11) is 0. The fourth-order valence-corrected chi connectivity index (χ4v) is 1.62. The minimum absolute atomic E-state index is 0.492. The van der Waals surface area contributed by atoms with Gasteiger partial charge in [0, 0.05) is 0 Å². The lowest BCUT2D eigenvalue weighted by Crippen LogP contribution is -1.99. The SMILES string of the molecule is O[C@@H](CF)c1ccc(OCc2ccccc2)cc1. The Bertz CT molecular complexity index is 468. The zero-order valence-corrected chi connectivity index (χ0v) is 9.92. The largest absolute Gasteiger partial charge is 0.489 e. The summed E-state index contributed by atoms with van der Waals surface area (Å²) in [6.45, 7) is -0.282. The van der Waals surface area contributed by atoms with Crippen molar-refractivity contribution in [1.29, 1.82) is 0 Å². The number of alkyl halides is 1. The molecule has 0 amide bonds. The van der Waals surface area contributed by atoms with Crippen LogP contribution in [-0.4, -0.2) is 11.8 Å². The van der Waals surface area contributed by atoms with Crippen LogP contribution in [-0.2, 0) is 6.61 Å². The van der Waals surface area contributed by atoms with Gasteiger partial charge in [-0.15, -0.1) is 0 Å². The molecule has 0 spiro atoms. The summed E-state index contributed by atoms with van der Waals surface area (Å²) in [5.74, 6) is 0.702. The second-order valence-corrected chi connectivity index (χ2v) is 4.01. The zero-order valence-electron chi connectivity index (χ0n) is 9.92. The van der Waals surface area contributed by atoms with E-state index in [4.69, 9.17) is 4.74 Å². The van der Waals surface area contributed by atoms with Gasteiger partial charge in [-0.1, -0.05) is 42.5 Å². The fraction of sp³-hybridized carbons (Fsp3) is 0.200. The van der Waals surface area contributed by atoms with Crippen LogP contribution in [0.2, 0.25) is 0 Å². The maximum atomic E-state index is 12.3. The lowest BCUT2D eigenvalue weighted by atomic mass is 10.1. The number of benzene rings is 2. The Morgan fingerprint density at radius 1 is 1.00 bits per heavy atom. The Balaban J connectivity index is 1.94. The molecule has 2 aromatic carbocycles. The van der Waals surface area contributed by atoms with E-state index in [2.05, 4.69) is 0 Å². The average Bonchev–Trinajstić information content (AvgIpc) is 2.46. The molecule has 0 aliphatic rings. The van der Waals surface area contributed by atoms with Crippen molar-refractivity contribution in [2.24, 2.45) is 0 Å². The van der Waals surface area contributed by atoms with E-state index in [0.29, 0.717) is 17.9 Å². The third-order valence-electron chi connectivity index (χ3n) is 2.66. The summed E-state index contributed by atoms with van der Waals surface area (Å²) in [6, 6.07) is 16.7. The van der Waals surface area contributed by atoms with Crippen LogP contribution in [0.15, 0.2) is 54.6 Å². The van der Waals surface area contributed by atoms with Crippen LogP contribution in [0.25, 0.3) is 0 Å². The Morgan fingerprint density at radius 2 is 1.67 bits per heavy atom. The van der Waals surface area contributed by atoms with Crippen molar-refractivity contribution in [2.45, 2.75) is 12.7 Å². The standard InChI is InChI=1S/C15H15FO2/c16-10-15(17)13-6-8-14(9-7-13)18-11-12-4-2-1-3-5-12/h1-9,15,17H,10-11H2/t15-/m0/s1.